The van der Waals surface area contributed by atoms with Gasteiger partial charge in [-0.25, -0.2) is 0 Å². The largest absolute Gasteiger partial charge is 0.356 e. The van der Waals surface area contributed by atoms with Crippen LogP contribution in [0.4, 0.5) is 0 Å². The smallest absolute Gasteiger partial charge is 0.193 e. The SMILES string of the molecule is CN=C(NCCCc1cnn(C)c1)N1CCC(c2ccccc2)C(C)C1. The van der Waals surface area contributed by atoms with Crippen LogP contribution in [0.25, 0.3) is 0 Å². The molecule has 140 valence electrons. The summed E-state index contributed by atoms with van der Waals surface area (Å²) >= 11 is 0. The second kappa shape index (κ2) is 8.88. The lowest BCUT2D eigenvalue weighted by Crippen LogP contribution is -2.48. The summed E-state index contributed by atoms with van der Waals surface area (Å²) in [4.78, 5) is 6.92. The molecule has 1 N–H and O–H groups in total. The van der Waals surface area contributed by atoms with Gasteiger partial charge in [0, 0.05) is 39.9 Å². The minimum atomic E-state index is 0.625. The van der Waals surface area contributed by atoms with Gasteiger partial charge in [-0.15, -0.1) is 0 Å². The fourth-order valence-electron chi connectivity index (χ4n) is 3.96. The number of aromatic nitrogens is 2. The highest BCUT2D eigenvalue weighted by molar-refractivity contribution is 5.80. The number of nitrogens with zero attached hydrogens (tertiary/aromatic N) is 4. The number of nitrogens with one attached hydrogen (secondary N) is 1. The van der Waals surface area contributed by atoms with Gasteiger partial charge in [-0.2, -0.15) is 5.10 Å². The van der Waals surface area contributed by atoms with E-state index in [0.29, 0.717) is 11.8 Å². The molecular formula is C21H31N5. The van der Waals surface area contributed by atoms with Crippen molar-refractivity contribution in [2.45, 2.75) is 32.1 Å². The van der Waals surface area contributed by atoms with Crippen molar-refractivity contribution in [3.05, 3.63) is 53.9 Å². The number of aryl methyl sites for hydroxylation is 2. The first-order valence-corrected chi connectivity index (χ1v) is 9.65. The van der Waals surface area contributed by atoms with Crippen molar-refractivity contribution in [1.82, 2.24) is 20.0 Å². The molecule has 0 amide bonds. The van der Waals surface area contributed by atoms with Crippen molar-refractivity contribution in [1.29, 1.82) is 0 Å². The van der Waals surface area contributed by atoms with E-state index in [2.05, 4.69) is 63.8 Å². The molecule has 0 saturated carbocycles. The second-order valence-corrected chi connectivity index (χ2v) is 7.33. The Morgan fingerprint density at radius 2 is 2.12 bits per heavy atom. The Hall–Kier alpha value is -2.30. The number of hydrogen-bond donors (Lipinski definition) is 1. The van der Waals surface area contributed by atoms with Crippen LogP contribution in [0.5, 0.6) is 0 Å². The number of piperidine rings is 1. The molecule has 1 aromatic heterocycles. The van der Waals surface area contributed by atoms with Crippen LogP contribution in [-0.4, -0.2) is 47.3 Å². The van der Waals surface area contributed by atoms with Gasteiger partial charge in [0.15, 0.2) is 5.96 Å². The summed E-state index contributed by atoms with van der Waals surface area (Å²) < 4.78 is 1.86. The average Bonchev–Trinajstić information content (AvgIpc) is 3.07. The molecule has 5 nitrogen and oxygen atoms in total. The van der Waals surface area contributed by atoms with Gasteiger partial charge in [0.1, 0.15) is 0 Å². The molecule has 1 aliphatic heterocycles. The van der Waals surface area contributed by atoms with E-state index >= 15 is 0 Å². The van der Waals surface area contributed by atoms with Crippen LogP contribution >= 0.6 is 0 Å². The van der Waals surface area contributed by atoms with Gasteiger partial charge in [0.25, 0.3) is 0 Å². The summed E-state index contributed by atoms with van der Waals surface area (Å²) in [5.74, 6) is 2.31. The fourth-order valence-corrected chi connectivity index (χ4v) is 3.96. The zero-order chi connectivity index (χ0) is 18.4. The van der Waals surface area contributed by atoms with Crippen LogP contribution in [-0.2, 0) is 13.5 Å². The molecule has 1 aliphatic rings. The minimum absolute atomic E-state index is 0.625. The Bertz CT molecular complexity index is 706. The normalized spacial score (nSPS) is 21.0. The molecule has 1 fully saturated rings. The van der Waals surface area contributed by atoms with E-state index in [4.69, 9.17) is 0 Å². The van der Waals surface area contributed by atoms with E-state index in [1.54, 1.807) is 0 Å². The van der Waals surface area contributed by atoms with E-state index in [1.807, 2.05) is 25.0 Å². The molecule has 0 spiro atoms. The standard InChI is InChI=1S/C21H31N5/c1-17-15-26(13-11-20(17)19-9-5-4-6-10-19)21(22-2)23-12-7-8-18-14-24-25(3)16-18/h4-6,9-10,14,16-17,20H,7-8,11-13,15H2,1-3H3,(H,22,23). The summed E-state index contributed by atoms with van der Waals surface area (Å²) in [5, 5.41) is 7.76. The van der Waals surface area contributed by atoms with Crippen LogP contribution in [0, 0.1) is 5.92 Å². The molecule has 0 aliphatic carbocycles. The van der Waals surface area contributed by atoms with E-state index in [9.17, 15) is 0 Å². The van der Waals surface area contributed by atoms with Crippen molar-refractivity contribution in [2.75, 3.05) is 26.7 Å². The van der Waals surface area contributed by atoms with E-state index in [-0.39, 0.29) is 0 Å². The van der Waals surface area contributed by atoms with Gasteiger partial charge >= 0.3 is 0 Å². The molecule has 1 saturated heterocycles. The van der Waals surface area contributed by atoms with Crippen LogP contribution < -0.4 is 5.32 Å². The van der Waals surface area contributed by atoms with Gasteiger partial charge < -0.3 is 10.2 Å². The molecule has 0 bridgehead atoms. The summed E-state index contributed by atoms with van der Waals surface area (Å²) in [5.41, 5.74) is 2.76. The molecule has 2 aromatic rings. The first kappa shape index (κ1) is 18.5. The van der Waals surface area contributed by atoms with Crippen molar-refractivity contribution >= 4 is 5.96 Å². The molecule has 1 aromatic carbocycles. The Balaban J connectivity index is 1.47. The number of likely N-dealkylation sites (tertiary alicyclic amines) is 1. The van der Waals surface area contributed by atoms with Gasteiger partial charge in [-0.1, -0.05) is 37.3 Å². The fraction of sp³-hybridized carbons (Fsp3) is 0.524. The van der Waals surface area contributed by atoms with E-state index in [1.165, 1.54) is 17.5 Å². The van der Waals surface area contributed by atoms with Gasteiger partial charge in [0.2, 0.25) is 0 Å². The lowest BCUT2D eigenvalue weighted by atomic mass is 9.82. The van der Waals surface area contributed by atoms with Crippen molar-refractivity contribution < 1.29 is 0 Å². The van der Waals surface area contributed by atoms with Gasteiger partial charge in [0.05, 0.1) is 6.20 Å². The monoisotopic (exact) mass is 353 g/mol. The third-order valence-electron chi connectivity index (χ3n) is 5.33. The zero-order valence-corrected chi connectivity index (χ0v) is 16.2. The zero-order valence-electron chi connectivity index (χ0n) is 16.2. The average molecular weight is 354 g/mol. The Kier molecular flexibility index (Phi) is 6.31. The molecule has 26 heavy (non-hydrogen) atoms. The molecule has 2 heterocycles. The Labute approximate surface area is 157 Å². The van der Waals surface area contributed by atoms with Crippen LogP contribution in [0.15, 0.2) is 47.7 Å². The predicted octanol–water partition coefficient (Wildman–Crippen LogP) is 3.05. The highest BCUT2D eigenvalue weighted by Gasteiger charge is 2.28. The lowest BCUT2D eigenvalue weighted by Gasteiger charge is -2.39. The Morgan fingerprint density at radius 3 is 2.77 bits per heavy atom. The first-order chi connectivity index (χ1) is 12.7. The number of guanidine groups is 1. The molecule has 3 rings (SSSR count). The second-order valence-electron chi connectivity index (χ2n) is 7.33. The quantitative estimate of drug-likeness (QED) is 0.510. The third-order valence-corrected chi connectivity index (χ3v) is 5.33. The summed E-state index contributed by atoms with van der Waals surface area (Å²) in [6, 6.07) is 10.9. The van der Waals surface area contributed by atoms with Crippen LogP contribution in [0.3, 0.4) is 0 Å². The summed E-state index contributed by atoms with van der Waals surface area (Å²) in [6.07, 6.45) is 7.35. The van der Waals surface area contributed by atoms with E-state index in [0.717, 1.165) is 38.4 Å². The number of hydrogen-bond acceptors (Lipinski definition) is 2. The minimum Gasteiger partial charge on any atom is -0.356 e. The number of benzene rings is 1. The molecule has 0 radical (unpaired) electrons. The van der Waals surface area contributed by atoms with Crippen LogP contribution in [0.1, 0.15) is 36.8 Å². The molecule has 2 unspecified atom stereocenters. The Morgan fingerprint density at radius 1 is 1.31 bits per heavy atom. The maximum absolute atomic E-state index is 4.51. The third kappa shape index (κ3) is 4.65. The highest BCUT2D eigenvalue weighted by Crippen LogP contribution is 2.32. The summed E-state index contributed by atoms with van der Waals surface area (Å²) in [6.45, 7) is 5.42. The van der Waals surface area contributed by atoms with Gasteiger partial charge in [-0.05, 0) is 42.2 Å². The maximum atomic E-state index is 4.51. The predicted molar refractivity (Wildman–Crippen MR) is 107 cm³/mol. The van der Waals surface area contributed by atoms with Crippen molar-refractivity contribution in [2.24, 2.45) is 18.0 Å². The number of rotatable bonds is 5. The van der Waals surface area contributed by atoms with Crippen molar-refractivity contribution in [3.8, 4) is 0 Å². The van der Waals surface area contributed by atoms with Crippen molar-refractivity contribution in [3.63, 3.8) is 0 Å². The first-order valence-electron chi connectivity index (χ1n) is 9.65. The lowest BCUT2D eigenvalue weighted by molar-refractivity contribution is 0.234. The maximum Gasteiger partial charge on any atom is 0.193 e. The topological polar surface area (TPSA) is 45.5 Å². The van der Waals surface area contributed by atoms with Crippen LogP contribution in [0.2, 0.25) is 0 Å². The molecule has 2 atom stereocenters. The summed E-state index contributed by atoms with van der Waals surface area (Å²) in [7, 11) is 3.85. The molecule has 5 heteroatoms. The van der Waals surface area contributed by atoms with Gasteiger partial charge in [-0.3, -0.25) is 9.67 Å². The highest BCUT2D eigenvalue weighted by atomic mass is 15.3. The van der Waals surface area contributed by atoms with E-state index < -0.39 is 0 Å². The molecular weight excluding hydrogens is 322 g/mol. The number of aliphatic imine (C=N–C) groups is 1.